The van der Waals surface area contributed by atoms with Gasteiger partial charge in [0.2, 0.25) is 0 Å². The average Bonchev–Trinajstić information content (AvgIpc) is 3.35. The van der Waals surface area contributed by atoms with E-state index in [1.807, 2.05) is 18.2 Å². The molecule has 0 aliphatic heterocycles. The second-order valence-electron chi connectivity index (χ2n) is 5.71. The minimum absolute atomic E-state index is 0.103. The van der Waals surface area contributed by atoms with Gasteiger partial charge in [0, 0.05) is 10.4 Å². The number of hydrogen-bond donors (Lipinski definition) is 0. The molecule has 0 amide bonds. The lowest BCUT2D eigenvalue weighted by Gasteiger charge is -2.28. The summed E-state index contributed by atoms with van der Waals surface area (Å²) in [6.45, 7) is 8.13. The quantitative estimate of drug-likeness (QED) is 0.591. The molecule has 21 heavy (non-hydrogen) atoms. The van der Waals surface area contributed by atoms with E-state index < -0.39 is 0 Å². The van der Waals surface area contributed by atoms with E-state index in [4.69, 9.17) is 11.6 Å². The summed E-state index contributed by atoms with van der Waals surface area (Å²) >= 11 is 6.11. The van der Waals surface area contributed by atoms with Gasteiger partial charge in [0.05, 0.1) is 0 Å². The van der Waals surface area contributed by atoms with Crippen LogP contribution in [0.2, 0.25) is 5.02 Å². The molecule has 0 nitrogen and oxygen atoms in total. The van der Waals surface area contributed by atoms with Crippen molar-refractivity contribution in [3.8, 4) is 11.1 Å². The van der Waals surface area contributed by atoms with Crippen molar-refractivity contribution in [1.29, 1.82) is 0 Å². The SMILES string of the molecule is C=CC(C=C)(c1cccc(-c2cccc(Cl)c2)c1)C1CC1. The third kappa shape index (κ3) is 2.56. The summed E-state index contributed by atoms with van der Waals surface area (Å²) in [6, 6.07) is 16.6. The van der Waals surface area contributed by atoms with E-state index in [9.17, 15) is 0 Å². The molecule has 0 aromatic heterocycles. The van der Waals surface area contributed by atoms with Gasteiger partial charge >= 0.3 is 0 Å². The minimum atomic E-state index is -0.103. The van der Waals surface area contributed by atoms with Crippen molar-refractivity contribution < 1.29 is 0 Å². The summed E-state index contributed by atoms with van der Waals surface area (Å²) in [6.07, 6.45) is 6.60. The Kier molecular flexibility index (Phi) is 3.73. The van der Waals surface area contributed by atoms with Gasteiger partial charge in [-0.05, 0) is 53.6 Å². The zero-order valence-corrected chi connectivity index (χ0v) is 12.8. The molecule has 2 aromatic carbocycles. The Hall–Kier alpha value is -1.79. The maximum Gasteiger partial charge on any atom is 0.0412 e. The Labute approximate surface area is 131 Å². The van der Waals surface area contributed by atoms with Crippen LogP contribution in [0.5, 0.6) is 0 Å². The molecule has 0 saturated heterocycles. The largest absolute Gasteiger partial charge is 0.102 e. The first-order chi connectivity index (χ1) is 10.2. The summed E-state index contributed by atoms with van der Waals surface area (Å²) in [5.74, 6) is 0.641. The molecule has 1 saturated carbocycles. The van der Waals surface area contributed by atoms with E-state index in [2.05, 4.69) is 55.6 Å². The monoisotopic (exact) mass is 294 g/mol. The molecule has 0 bridgehead atoms. The summed E-state index contributed by atoms with van der Waals surface area (Å²) in [5, 5.41) is 0.763. The molecule has 3 rings (SSSR count). The smallest absolute Gasteiger partial charge is 0.0412 e. The van der Waals surface area contributed by atoms with Gasteiger partial charge in [0.1, 0.15) is 0 Å². The van der Waals surface area contributed by atoms with Crippen LogP contribution < -0.4 is 0 Å². The topological polar surface area (TPSA) is 0 Å². The Balaban J connectivity index is 2.07. The molecule has 0 N–H and O–H groups in total. The van der Waals surface area contributed by atoms with Gasteiger partial charge in [-0.1, -0.05) is 54.1 Å². The number of benzene rings is 2. The second kappa shape index (κ2) is 5.54. The van der Waals surface area contributed by atoms with E-state index in [0.717, 1.165) is 10.6 Å². The number of allylic oxidation sites excluding steroid dienone is 2. The molecule has 0 spiro atoms. The van der Waals surface area contributed by atoms with E-state index >= 15 is 0 Å². The fourth-order valence-electron chi connectivity index (χ4n) is 3.09. The van der Waals surface area contributed by atoms with Crippen LogP contribution in [0, 0.1) is 5.92 Å². The molecule has 0 heterocycles. The van der Waals surface area contributed by atoms with E-state index in [1.54, 1.807) is 0 Å². The normalized spacial score (nSPS) is 14.7. The Morgan fingerprint density at radius 2 is 1.57 bits per heavy atom. The van der Waals surface area contributed by atoms with Crippen molar-refractivity contribution in [3.05, 3.63) is 84.4 Å². The molecule has 1 fully saturated rings. The highest BCUT2D eigenvalue weighted by molar-refractivity contribution is 6.30. The number of halogens is 1. The van der Waals surface area contributed by atoms with Crippen LogP contribution in [0.25, 0.3) is 11.1 Å². The lowest BCUT2D eigenvalue weighted by molar-refractivity contribution is 0.581. The summed E-state index contributed by atoms with van der Waals surface area (Å²) < 4.78 is 0. The number of hydrogen-bond acceptors (Lipinski definition) is 0. The lowest BCUT2D eigenvalue weighted by Crippen LogP contribution is -2.22. The highest BCUT2D eigenvalue weighted by Crippen LogP contribution is 2.49. The van der Waals surface area contributed by atoms with Crippen LogP contribution in [0.1, 0.15) is 18.4 Å². The van der Waals surface area contributed by atoms with Gasteiger partial charge in [-0.25, -0.2) is 0 Å². The van der Waals surface area contributed by atoms with Crippen molar-refractivity contribution in [2.24, 2.45) is 5.92 Å². The third-order valence-corrected chi connectivity index (χ3v) is 4.68. The Morgan fingerprint density at radius 3 is 2.14 bits per heavy atom. The van der Waals surface area contributed by atoms with Gasteiger partial charge in [-0.15, -0.1) is 13.2 Å². The minimum Gasteiger partial charge on any atom is -0.102 e. The first-order valence-corrected chi connectivity index (χ1v) is 7.71. The van der Waals surface area contributed by atoms with Crippen molar-refractivity contribution in [1.82, 2.24) is 0 Å². The first kappa shape index (κ1) is 14.2. The predicted octanol–water partition coefficient (Wildman–Crippen LogP) is 6.03. The van der Waals surface area contributed by atoms with E-state index in [0.29, 0.717) is 5.92 Å². The predicted molar refractivity (Wildman–Crippen MR) is 91.7 cm³/mol. The third-order valence-electron chi connectivity index (χ3n) is 4.45. The molecule has 2 aromatic rings. The van der Waals surface area contributed by atoms with Crippen molar-refractivity contribution in [3.63, 3.8) is 0 Å². The first-order valence-electron chi connectivity index (χ1n) is 7.33. The summed E-state index contributed by atoms with van der Waals surface area (Å²) in [4.78, 5) is 0. The fourth-order valence-corrected chi connectivity index (χ4v) is 3.28. The molecule has 1 aliphatic rings. The zero-order valence-electron chi connectivity index (χ0n) is 12.1. The standard InChI is InChI=1S/C20H19Cl/c1-3-20(4-2,17-11-12-17)18-9-5-7-15(13-18)16-8-6-10-19(21)14-16/h3-10,13-14,17H,1-2,11-12H2. The lowest BCUT2D eigenvalue weighted by atomic mass is 9.75. The van der Waals surface area contributed by atoms with Crippen LogP contribution >= 0.6 is 11.6 Å². The van der Waals surface area contributed by atoms with E-state index in [-0.39, 0.29) is 5.41 Å². The molecule has 1 aliphatic carbocycles. The van der Waals surface area contributed by atoms with Crippen LogP contribution in [0.3, 0.4) is 0 Å². The summed E-state index contributed by atoms with van der Waals surface area (Å²) in [7, 11) is 0. The van der Waals surface area contributed by atoms with Gasteiger partial charge in [0.25, 0.3) is 0 Å². The van der Waals surface area contributed by atoms with Crippen molar-refractivity contribution in [2.75, 3.05) is 0 Å². The molecule has 0 atom stereocenters. The van der Waals surface area contributed by atoms with Gasteiger partial charge in [0.15, 0.2) is 0 Å². The second-order valence-corrected chi connectivity index (χ2v) is 6.14. The molecular weight excluding hydrogens is 276 g/mol. The van der Waals surface area contributed by atoms with Crippen LogP contribution in [0.4, 0.5) is 0 Å². The molecule has 0 unspecified atom stereocenters. The highest BCUT2D eigenvalue weighted by Gasteiger charge is 2.42. The Morgan fingerprint density at radius 1 is 0.952 bits per heavy atom. The Bertz CT molecular complexity index is 672. The van der Waals surface area contributed by atoms with E-state index in [1.165, 1.54) is 24.0 Å². The fraction of sp³-hybridized carbons (Fsp3) is 0.200. The van der Waals surface area contributed by atoms with Crippen LogP contribution in [0.15, 0.2) is 73.8 Å². The molecular formula is C20H19Cl. The highest BCUT2D eigenvalue weighted by atomic mass is 35.5. The molecule has 1 heteroatoms. The van der Waals surface area contributed by atoms with Gasteiger partial charge < -0.3 is 0 Å². The molecule has 0 radical (unpaired) electrons. The van der Waals surface area contributed by atoms with Gasteiger partial charge in [-0.2, -0.15) is 0 Å². The average molecular weight is 295 g/mol. The van der Waals surface area contributed by atoms with Crippen LogP contribution in [-0.4, -0.2) is 0 Å². The van der Waals surface area contributed by atoms with Crippen molar-refractivity contribution in [2.45, 2.75) is 18.3 Å². The summed E-state index contributed by atoms with van der Waals surface area (Å²) in [5.41, 5.74) is 3.49. The maximum absolute atomic E-state index is 6.11. The number of rotatable bonds is 5. The van der Waals surface area contributed by atoms with Crippen molar-refractivity contribution >= 4 is 11.6 Å². The van der Waals surface area contributed by atoms with Gasteiger partial charge in [-0.3, -0.25) is 0 Å². The zero-order chi connectivity index (χ0) is 14.9. The molecule has 106 valence electrons. The maximum atomic E-state index is 6.11. The van der Waals surface area contributed by atoms with Crippen LogP contribution in [-0.2, 0) is 5.41 Å².